The summed E-state index contributed by atoms with van der Waals surface area (Å²) in [6, 6.07) is 8.71. The second kappa shape index (κ2) is 8.59. The van der Waals surface area contributed by atoms with Crippen LogP contribution in [0.2, 0.25) is 5.02 Å². The van der Waals surface area contributed by atoms with Crippen molar-refractivity contribution in [3.05, 3.63) is 44.7 Å². The summed E-state index contributed by atoms with van der Waals surface area (Å²) in [6.07, 6.45) is 0. The van der Waals surface area contributed by atoms with Gasteiger partial charge in [0.25, 0.3) is 10.0 Å². The van der Waals surface area contributed by atoms with Gasteiger partial charge in [-0.25, -0.2) is 8.42 Å². The third kappa shape index (κ3) is 4.90. The van der Waals surface area contributed by atoms with Crippen LogP contribution in [0.3, 0.4) is 0 Å². The summed E-state index contributed by atoms with van der Waals surface area (Å²) in [7, 11) is -3.47. The first-order valence-corrected chi connectivity index (χ1v) is 11.7. The molecule has 0 atom stereocenters. The van der Waals surface area contributed by atoms with Crippen molar-refractivity contribution in [2.75, 3.05) is 38.0 Å². The van der Waals surface area contributed by atoms with Gasteiger partial charge in [-0.1, -0.05) is 17.7 Å². The molecule has 1 aliphatic heterocycles. The highest BCUT2D eigenvalue weighted by Gasteiger charge is 2.30. The van der Waals surface area contributed by atoms with Gasteiger partial charge >= 0.3 is 0 Å². The maximum Gasteiger partial charge on any atom is 0.252 e. The molecule has 27 heavy (non-hydrogen) atoms. The van der Waals surface area contributed by atoms with Crippen LogP contribution in [0.15, 0.2) is 38.3 Å². The SMILES string of the molecule is Cc1c(Cl)cccc1NC(=O)CN1CCN(S(=O)(=O)c2ccc(Br)s2)CC1. The highest BCUT2D eigenvalue weighted by Crippen LogP contribution is 2.29. The number of piperazine rings is 1. The number of nitrogens with one attached hydrogen (secondary N) is 1. The Labute approximate surface area is 176 Å². The topological polar surface area (TPSA) is 69.7 Å². The van der Waals surface area contributed by atoms with E-state index in [1.54, 1.807) is 24.3 Å². The molecule has 0 bridgehead atoms. The highest BCUT2D eigenvalue weighted by atomic mass is 79.9. The summed E-state index contributed by atoms with van der Waals surface area (Å²) in [5.41, 5.74) is 1.52. The van der Waals surface area contributed by atoms with Crippen LogP contribution in [0.1, 0.15) is 5.56 Å². The second-order valence-electron chi connectivity index (χ2n) is 6.20. The molecule has 1 saturated heterocycles. The average Bonchev–Trinajstić information content (AvgIpc) is 3.07. The maximum atomic E-state index is 12.6. The molecule has 1 aromatic heterocycles. The Kier molecular flexibility index (Phi) is 6.60. The van der Waals surface area contributed by atoms with Crippen LogP contribution in [0.25, 0.3) is 0 Å². The Bertz CT molecular complexity index is 941. The number of nitrogens with zero attached hydrogens (tertiary/aromatic N) is 2. The van der Waals surface area contributed by atoms with Gasteiger partial charge in [0.15, 0.2) is 0 Å². The van der Waals surface area contributed by atoms with Crippen molar-refractivity contribution in [1.82, 2.24) is 9.21 Å². The Morgan fingerprint density at radius 1 is 1.22 bits per heavy atom. The number of anilines is 1. The molecule has 0 spiro atoms. The molecule has 1 amide bonds. The minimum Gasteiger partial charge on any atom is -0.325 e. The van der Waals surface area contributed by atoms with Gasteiger partial charge in [0.05, 0.1) is 10.3 Å². The minimum absolute atomic E-state index is 0.140. The lowest BCUT2D eigenvalue weighted by molar-refractivity contribution is -0.117. The zero-order valence-electron chi connectivity index (χ0n) is 14.6. The largest absolute Gasteiger partial charge is 0.325 e. The van der Waals surface area contributed by atoms with Crippen molar-refractivity contribution in [1.29, 1.82) is 0 Å². The lowest BCUT2D eigenvalue weighted by Crippen LogP contribution is -2.50. The molecule has 0 aliphatic carbocycles. The first-order valence-electron chi connectivity index (χ1n) is 8.30. The highest BCUT2D eigenvalue weighted by molar-refractivity contribution is 9.11. The molecule has 6 nitrogen and oxygen atoms in total. The van der Waals surface area contributed by atoms with E-state index in [-0.39, 0.29) is 12.5 Å². The number of benzene rings is 1. The minimum atomic E-state index is -3.47. The van der Waals surface area contributed by atoms with Crippen LogP contribution in [0, 0.1) is 6.92 Å². The molecular formula is C17H19BrClN3O3S2. The van der Waals surface area contributed by atoms with E-state index in [1.807, 2.05) is 17.9 Å². The summed E-state index contributed by atoms with van der Waals surface area (Å²) in [6.45, 7) is 3.80. The van der Waals surface area contributed by atoms with Gasteiger partial charge in [0.2, 0.25) is 5.91 Å². The monoisotopic (exact) mass is 491 g/mol. The average molecular weight is 493 g/mol. The van der Waals surface area contributed by atoms with Gasteiger partial charge in [-0.3, -0.25) is 9.69 Å². The van der Waals surface area contributed by atoms with Crippen LogP contribution in [-0.2, 0) is 14.8 Å². The van der Waals surface area contributed by atoms with E-state index in [1.165, 1.54) is 15.6 Å². The van der Waals surface area contributed by atoms with E-state index in [0.29, 0.717) is 41.1 Å². The summed E-state index contributed by atoms with van der Waals surface area (Å²) < 4.78 is 27.9. The molecule has 0 unspecified atom stereocenters. The number of amides is 1. The number of sulfonamides is 1. The van der Waals surface area contributed by atoms with Crippen molar-refractivity contribution < 1.29 is 13.2 Å². The fourth-order valence-electron chi connectivity index (χ4n) is 2.83. The predicted molar refractivity (Wildman–Crippen MR) is 112 cm³/mol. The molecular weight excluding hydrogens is 474 g/mol. The van der Waals surface area contributed by atoms with E-state index in [2.05, 4.69) is 21.2 Å². The Morgan fingerprint density at radius 3 is 2.56 bits per heavy atom. The van der Waals surface area contributed by atoms with Crippen molar-refractivity contribution in [3.8, 4) is 0 Å². The Balaban J connectivity index is 1.55. The zero-order valence-corrected chi connectivity index (χ0v) is 18.6. The van der Waals surface area contributed by atoms with Gasteiger partial charge in [-0.2, -0.15) is 4.31 Å². The molecule has 10 heteroatoms. The number of hydrogen-bond acceptors (Lipinski definition) is 5. The van der Waals surface area contributed by atoms with Crippen molar-refractivity contribution >= 4 is 60.5 Å². The number of rotatable bonds is 5. The van der Waals surface area contributed by atoms with Crippen molar-refractivity contribution in [2.45, 2.75) is 11.1 Å². The number of hydrogen-bond donors (Lipinski definition) is 1. The fraction of sp³-hybridized carbons (Fsp3) is 0.353. The molecule has 2 aromatic rings. The quantitative estimate of drug-likeness (QED) is 0.694. The first-order chi connectivity index (χ1) is 12.8. The summed E-state index contributed by atoms with van der Waals surface area (Å²) >= 11 is 10.6. The molecule has 146 valence electrons. The summed E-state index contributed by atoms with van der Waals surface area (Å²) in [4.78, 5) is 14.3. The third-order valence-electron chi connectivity index (χ3n) is 4.38. The zero-order chi connectivity index (χ0) is 19.6. The summed E-state index contributed by atoms with van der Waals surface area (Å²) in [5, 5.41) is 3.47. The van der Waals surface area contributed by atoms with Gasteiger partial charge in [0, 0.05) is 36.9 Å². The van der Waals surface area contributed by atoms with Crippen LogP contribution in [-0.4, -0.2) is 56.3 Å². The van der Waals surface area contributed by atoms with E-state index in [4.69, 9.17) is 11.6 Å². The molecule has 0 saturated carbocycles. The molecule has 1 aliphatic rings. The number of carbonyl (C=O) groups excluding carboxylic acids is 1. The lowest BCUT2D eigenvalue weighted by Gasteiger charge is -2.33. The first kappa shape index (κ1) is 20.8. The van der Waals surface area contributed by atoms with Gasteiger partial charge in [-0.15, -0.1) is 11.3 Å². The standard InChI is InChI=1S/C17H19BrClN3O3S2/c1-12-13(19)3-2-4-14(12)20-16(23)11-21-7-9-22(10-8-21)27(24,25)17-6-5-15(18)26-17/h2-6H,7-11H2,1H3,(H,20,23). The molecule has 1 N–H and O–H groups in total. The Hall–Kier alpha value is -0.970. The van der Waals surface area contributed by atoms with E-state index in [9.17, 15) is 13.2 Å². The van der Waals surface area contributed by atoms with Crippen LogP contribution < -0.4 is 5.32 Å². The molecule has 1 aromatic carbocycles. The number of carbonyl (C=O) groups is 1. The number of halogens is 2. The molecule has 0 radical (unpaired) electrons. The molecule has 2 heterocycles. The van der Waals surface area contributed by atoms with Crippen molar-refractivity contribution in [2.24, 2.45) is 0 Å². The van der Waals surface area contributed by atoms with Gasteiger partial charge in [-0.05, 0) is 52.7 Å². The predicted octanol–water partition coefficient (Wildman–Crippen LogP) is 3.42. The van der Waals surface area contributed by atoms with E-state index >= 15 is 0 Å². The van der Waals surface area contributed by atoms with Crippen LogP contribution in [0.5, 0.6) is 0 Å². The van der Waals surface area contributed by atoms with Crippen LogP contribution in [0.4, 0.5) is 5.69 Å². The molecule has 3 rings (SSSR count). The smallest absolute Gasteiger partial charge is 0.252 e. The lowest BCUT2D eigenvalue weighted by atomic mass is 10.2. The van der Waals surface area contributed by atoms with E-state index in [0.717, 1.165) is 9.35 Å². The normalized spacial score (nSPS) is 16.4. The van der Waals surface area contributed by atoms with E-state index < -0.39 is 10.0 Å². The van der Waals surface area contributed by atoms with Crippen LogP contribution >= 0.6 is 38.9 Å². The van der Waals surface area contributed by atoms with Crippen molar-refractivity contribution in [3.63, 3.8) is 0 Å². The fourth-order valence-corrected chi connectivity index (χ4v) is 6.59. The molecule has 1 fully saturated rings. The third-order valence-corrected chi connectivity index (χ3v) is 8.78. The van der Waals surface area contributed by atoms with Gasteiger partial charge in [0.1, 0.15) is 4.21 Å². The Morgan fingerprint density at radius 2 is 1.93 bits per heavy atom. The maximum absolute atomic E-state index is 12.6. The number of thiophene rings is 1. The van der Waals surface area contributed by atoms with Gasteiger partial charge < -0.3 is 5.32 Å². The summed E-state index contributed by atoms with van der Waals surface area (Å²) in [5.74, 6) is -0.140. The second-order valence-corrected chi connectivity index (χ2v) is 11.2.